The molecule has 106 valence electrons. The highest BCUT2D eigenvalue weighted by atomic mass is 79.9. The topological polar surface area (TPSA) is 44.9 Å². The predicted molar refractivity (Wildman–Crippen MR) is 85.1 cm³/mol. The van der Waals surface area contributed by atoms with Gasteiger partial charge in [0.25, 0.3) is 5.91 Å². The zero-order valence-corrected chi connectivity index (χ0v) is 12.8. The van der Waals surface area contributed by atoms with Gasteiger partial charge in [-0.2, -0.15) is 0 Å². The summed E-state index contributed by atoms with van der Waals surface area (Å²) in [7, 11) is 0. The fourth-order valence-corrected chi connectivity index (χ4v) is 2.47. The van der Waals surface area contributed by atoms with Crippen LogP contribution in [0.1, 0.15) is 16.1 Å². The number of nitrogens with one attached hydrogen (secondary N) is 2. The fraction of sp³-hybridized carbons (Fsp3) is 0.0625. The number of benzene rings is 2. The maximum Gasteiger partial charge on any atom is 0.272 e. The molecule has 0 saturated carbocycles. The van der Waals surface area contributed by atoms with Crippen molar-refractivity contribution in [1.82, 2.24) is 4.98 Å². The van der Waals surface area contributed by atoms with Crippen LogP contribution in [0.2, 0.25) is 0 Å². The van der Waals surface area contributed by atoms with E-state index in [2.05, 4.69) is 26.2 Å². The summed E-state index contributed by atoms with van der Waals surface area (Å²) < 4.78 is 14.1. The summed E-state index contributed by atoms with van der Waals surface area (Å²) in [6.45, 7) is 1.97. The van der Waals surface area contributed by atoms with Crippen LogP contribution in [0.5, 0.6) is 0 Å². The Morgan fingerprint density at radius 3 is 2.76 bits per heavy atom. The van der Waals surface area contributed by atoms with E-state index in [4.69, 9.17) is 0 Å². The quantitative estimate of drug-likeness (QED) is 0.698. The van der Waals surface area contributed by atoms with E-state index >= 15 is 0 Å². The Balaban J connectivity index is 1.87. The third kappa shape index (κ3) is 2.83. The first-order valence-corrected chi connectivity index (χ1v) is 7.18. The van der Waals surface area contributed by atoms with Crippen LogP contribution in [0.4, 0.5) is 10.1 Å². The van der Waals surface area contributed by atoms with Crippen molar-refractivity contribution in [1.29, 1.82) is 0 Å². The average Bonchev–Trinajstić information content (AvgIpc) is 2.86. The van der Waals surface area contributed by atoms with Crippen LogP contribution in [0.15, 0.2) is 46.9 Å². The molecule has 1 aromatic heterocycles. The van der Waals surface area contributed by atoms with E-state index in [1.807, 2.05) is 25.1 Å². The molecule has 0 atom stereocenters. The van der Waals surface area contributed by atoms with Crippen molar-refractivity contribution in [2.75, 3.05) is 5.32 Å². The van der Waals surface area contributed by atoms with Crippen molar-refractivity contribution in [3.8, 4) is 0 Å². The SMILES string of the molecule is Cc1ccc(NC(=O)c2cc3ccc(F)cc3[nH]2)cc1Br. The Hall–Kier alpha value is -2.14. The molecule has 0 aliphatic heterocycles. The number of H-pyrrole nitrogens is 1. The molecule has 5 heteroatoms. The van der Waals surface area contributed by atoms with Gasteiger partial charge in [-0.3, -0.25) is 4.79 Å². The molecule has 0 radical (unpaired) electrons. The average molecular weight is 347 g/mol. The van der Waals surface area contributed by atoms with Crippen molar-refractivity contribution >= 4 is 38.4 Å². The number of hydrogen-bond donors (Lipinski definition) is 2. The molecule has 1 heterocycles. The lowest BCUT2D eigenvalue weighted by Gasteiger charge is -2.05. The predicted octanol–water partition coefficient (Wildman–Crippen LogP) is 4.63. The van der Waals surface area contributed by atoms with Crippen LogP contribution in [-0.2, 0) is 0 Å². The second-order valence-electron chi connectivity index (χ2n) is 4.83. The number of anilines is 1. The zero-order chi connectivity index (χ0) is 15.0. The number of rotatable bonds is 2. The van der Waals surface area contributed by atoms with Gasteiger partial charge in [0.15, 0.2) is 0 Å². The molecule has 0 saturated heterocycles. The van der Waals surface area contributed by atoms with Crippen molar-refractivity contribution in [2.24, 2.45) is 0 Å². The van der Waals surface area contributed by atoms with Crippen LogP contribution in [0.25, 0.3) is 10.9 Å². The first-order valence-electron chi connectivity index (χ1n) is 6.39. The number of aromatic nitrogens is 1. The van der Waals surface area contributed by atoms with Gasteiger partial charge >= 0.3 is 0 Å². The Morgan fingerprint density at radius 1 is 1.19 bits per heavy atom. The Kier molecular flexibility index (Phi) is 3.51. The number of fused-ring (bicyclic) bond motifs is 1. The third-order valence-corrected chi connectivity index (χ3v) is 4.11. The Morgan fingerprint density at radius 2 is 2.00 bits per heavy atom. The molecule has 21 heavy (non-hydrogen) atoms. The summed E-state index contributed by atoms with van der Waals surface area (Å²) in [6.07, 6.45) is 0. The number of carbonyl (C=O) groups is 1. The van der Waals surface area contributed by atoms with Crippen molar-refractivity contribution in [2.45, 2.75) is 6.92 Å². The highest BCUT2D eigenvalue weighted by Crippen LogP contribution is 2.22. The number of aromatic amines is 1. The fourth-order valence-electron chi connectivity index (χ4n) is 2.09. The standard InChI is InChI=1S/C16H12BrFN2O/c1-9-2-5-12(8-13(9)17)19-16(21)15-6-10-3-4-11(18)7-14(10)20-15/h2-8,20H,1H3,(H,19,21). The minimum absolute atomic E-state index is 0.262. The number of halogens is 2. The highest BCUT2D eigenvalue weighted by Gasteiger charge is 2.10. The summed E-state index contributed by atoms with van der Waals surface area (Å²) >= 11 is 3.43. The molecule has 0 aliphatic carbocycles. The monoisotopic (exact) mass is 346 g/mol. The van der Waals surface area contributed by atoms with E-state index in [-0.39, 0.29) is 11.7 Å². The summed E-state index contributed by atoms with van der Waals surface area (Å²) in [4.78, 5) is 15.1. The molecular weight excluding hydrogens is 335 g/mol. The minimum Gasteiger partial charge on any atom is -0.350 e. The largest absolute Gasteiger partial charge is 0.350 e. The van der Waals surface area contributed by atoms with Crippen molar-refractivity contribution in [3.05, 3.63) is 64.0 Å². The molecule has 1 amide bonds. The first-order chi connectivity index (χ1) is 10.0. The van der Waals surface area contributed by atoms with Crippen molar-refractivity contribution < 1.29 is 9.18 Å². The van der Waals surface area contributed by atoms with E-state index in [9.17, 15) is 9.18 Å². The number of amides is 1. The lowest BCUT2D eigenvalue weighted by atomic mass is 10.2. The van der Waals surface area contributed by atoms with E-state index in [0.717, 1.165) is 15.4 Å². The molecule has 3 aromatic rings. The van der Waals surface area contributed by atoms with Gasteiger partial charge in [-0.1, -0.05) is 22.0 Å². The summed E-state index contributed by atoms with van der Waals surface area (Å²) in [5.74, 6) is -0.596. The van der Waals surface area contributed by atoms with Gasteiger partial charge in [-0.25, -0.2) is 4.39 Å². The molecular formula is C16H12BrFN2O. The second kappa shape index (κ2) is 5.33. The summed E-state index contributed by atoms with van der Waals surface area (Å²) in [5.41, 5.74) is 2.79. The number of carbonyl (C=O) groups excluding carboxylic acids is 1. The lowest BCUT2D eigenvalue weighted by Crippen LogP contribution is -2.12. The van der Waals surface area contributed by atoms with E-state index < -0.39 is 0 Å². The Labute approximate surface area is 129 Å². The lowest BCUT2D eigenvalue weighted by molar-refractivity contribution is 0.102. The van der Waals surface area contributed by atoms with Gasteiger partial charge in [0.05, 0.1) is 0 Å². The molecule has 3 nitrogen and oxygen atoms in total. The Bertz CT molecular complexity index is 841. The molecule has 2 N–H and O–H groups in total. The second-order valence-corrected chi connectivity index (χ2v) is 5.69. The van der Waals surface area contributed by atoms with Crippen LogP contribution in [0, 0.1) is 12.7 Å². The molecule has 0 fully saturated rings. The normalized spacial score (nSPS) is 10.8. The molecule has 3 rings (SSSR count). The zero-order valence-electron chi connectivity index (χ0n) is 11.2. The van der Waals surface area contributed by atoms with Gasteiger partial charge in [0.1, 0.15) is 11.5 Å². The van der Waals surface area contributed by atoms with Gasteiger partial charge in [0.2, 0.25) is 0 Å². The third-order valence-electron chi connectivity index (χ3n) is 3.26. The molecule has 0 bridgehead atoms. The molecule has 2 aromatic carbocycles. The highest BCUT2D eigenvalue weighted by molar-refractivity contribution is 9.10. The maximum absolute atomic E-state index is 13.2. The smallest absolute Gasteiger partial charge is 0.272 e. The number of hydrogen-bond acceptors (Lipinski definition) is 1. The van der Waals surface area contributed by atoms with Gasteiger partial charge < -0.3 is 10.3 Å². The minimum atomic E-state index is -0.334. The van der Waals surface area contributed by atoms with E-state index in [1.54, 1.807) is 12.1 Å². The van der Waals surface area contributed by atoms with Crippen LogP contribution < -0.4 is 5.32 Å². The van der Waals surface area contributed by atoms with Crippen molar-refractivity contribution in [3.63, 3.8) is 0 Å². The summed E-state index contributed by atoms with van der Waals surface area (Å²) in [6, 6.07) is 11.7. The molecule has 0 spiro atoms. The first kappa shape index (κ1) is 13.8. The van der Waals surface area contributed by atoms with Crippen LogP contribution in [0.3, 0.4) is 0 Å². The van der Waals surface area contributed by atoms with Gasteiger partial charge in [-0.05, 0) is 48.9 Å². The summed E-state index contributed by atoms with van der Waals surface area (Å²) in [5, 5.41) is 3.61. The van der Waals surface area contributed by atoms with Crippen LogP contribution in [-0.4, -0.2) is 10.9 Å². The van der Waals surface area contributed by atoms with Gasteiger partial charge in [-0.15, -0.1) is 0 Å². The number of aryl methyl sites for hydroxylation is 1. The van der Waals surface area contributed by atoms with E-state index in [1.165, 1.54) is 12.1 Å². The molecule has 0 unspecified atom stereocenters. The maximum atomic E-state index is 13.2. The van der Waals surface area contributed by atoms with Gasteiger partial charge in [0, 0.05) is 21.1 Å². The van der Waals surface area contributed by atoms with Crippen LogP contribution >= 0.6 is 15.9 Å². The molecule has 0 aliphatic rings. The van der Waals surface area contributed by atoms with E-state index in [0.29, 0.717) is 16.9 Å².